The molecule has 1 N–H and O–H groups in total. The Morgan fingerprint density at radius 1 is 1.04 bits per heavy atom. The normalized spacial score (nSPS) is 12.9. The Balaban J connectivity index is 1.49. The summed E-state index contributed by atoms with van der Waals surface area (Å²) in [5.74, 6) is -0.677. The first-order valence-corrected chi connectivity index (χ1v) is 9.46. The van der Waals surface area contributed by atoms with Crippen molar-refractivity contribution in [3.63, 3.8) is 0 Å². The van der Waals surface area contributed by atoms with Crippen LogP contribution >= 0.6 is 0 Å². The highest BCUT2D eigenvalue weighted by Crippen LogP contribution is 2.30. The molecule has 6 nitrogen and oxygen atoms in total. The molecule has 28 heavy (non-hydrogen) atoms. The van der Waals surface area contributed by atoms with E-state index in [1.54, 1.807) is 29.2 Å². The third-order valence-electron chi connectivity index (χ3n) is 4.61. The van der Waals surface area contributed by atoms with E-state index in [4.69, 9.17) is 4.74 Å². The van der Waals surface area contributed by atoms with Crippen LogP contribution in [0.4, 0.5) is 5.69 Å². The van der Waals surface area contributed by atoms with E-state index in [-0.39, 0.29) is 24.3 Å². The van der Waals surface area contributed by atoms with Crippen LogP contribution in [0.5, 0.6) is 0 Å². The fourth-order valence-electron chi connectivity index (χ4n) is 2.76. The van der Waals surface area contributed by atoms with E-state index in [9.17, 15) is 14.4 Å². The molecule has 146 valence electrons. The number of hydrogen-bond donors (Lipinski definition) is 1. The molecule has 0 bridgehead atoms. The number of nitrogens with zero attached hydrogens (tertiary/aromatic N) is 1. The van der Waals surface area contributed by atoms with Crippen LogP contribution in [0, 0.1) is 5.92 Å². The average Bonchev–Trinajstić information content (AvgIpc) is 3.57. The van der Waals surface area contributed by atoms with Crippen LogP contribution in [0.2, 0.25) is 0 Å². The topological polar surface area (TPSA) is 75.7 Å². The number of esters is 1. The van der Waals surface area contributed by atoms with Gasteiger partial charge in [0.05, 0.1) is 5.56 Å². The lowest BCUT2D eigenvalue weighted by Gasteiger charge is -2.20. The minimum absolute atomic E-state index is 0.0130. The Morgan fingerprint density at radius 2 is 1.71 bits per heavy atom. The second kappa shape index (κ2) is 9.17. The zero-order valence-corrected chi connectivity index (χ0v) is 15.9. The Kier molecular flexibility index (Phi) is 6.42. The number of anilines is 1. The van der Waals surface area contributed by atoms with E-state index in [2.05, 4.69) is 5.32 Å². The van der Waals surface area contributed by atoms with E-state index < -0.39 is 5.97 Å². The highest BCUT2D eigenvalue weighted by atomic mass is 16.5. The first kappa shape index (κ1) is 19.6. The number of amides is 2. The molecule has 0 atom stereocenters. The van der Waals surface area contributed by atoms with Crippen molar-refractivity contribution in [3.8, 4) is 0 Å². The molecule has 3 rings (SSSR count). The van der Waals surface area contributed by atoms with Crippen LogP contribution in [-0.4, -0.2) is 35.8 Å². The highest BCUT2D eigenvalue weighted by molar-refractivity contribution is 5.95. The Hall–Kier alpha value is -3.15. The molecule has 0 radical (unpaired) electrons. The molecule has 1 fully saturated rings. The molecule has 0 saturated heterocycles. The van der Waals surface area contributed by atoms with Crippen molar-refractivity contribution in [2.75, 3.05) is 18.5 Å². The zero-order valence-electron chi connectivity index (χ0n) is 15.9. The van der Waals surface area contributed by atoms with E-state index in [0.29, 0.717) is 24.3 Å². The third kappa shape index (κ3) is 5.42. The number of rotatable bonds is 8. The molecule has 2 amide bonds. The van der Waals surface area contributed by atoms with Gasteiger partial charge >= 0.3 is 5.97 Å². The van der Waals surface area contributed by atoms with Crippen molar-refractivity contribution >= 4 is 23.5 Å². The number of hydrogen-bond acceptors (Lipinski definition) is 4. The van der Waals surface area contributed by atoms with E-state index in [1.165, 1.54) is 0 Å². The van der Waals surface area contributed by atoms with Crippen LogP contribution in [-0.2, 0) is 20.9 Å². The molecule has 0 unspecified atom stereocenters. The number of carbonyl (C=O) groups excluding carboxylic acids is 3. The van der Waals surface area contributed by atoms with E-state index >= 15 is 0 Å². The van der Waals surface area contributed by atoms with Gasteiger partial charge in [-0.15, -0.1) is 0 Å². The van der Waals surface area contributed by atoms with E-state index in [0.717, 1.165) is 18.4 Å². The lowest BCUT2D eigenvalue weighted by atomic mass is 10.2. The molecular weight excluding hydrogens is 356 g/mol. The van der Waals surface area contributed by atoms with Gasteiger partial charge in [0.15, 0.2) is 6.61 Å². The van der Waals surface area contributed by atoms with Gasteiger partial charge < -0.3 is 15.0 Å². The van der Waals surface area contributed by atoms with Crippen LogP contribution < -0.4 is 5.32 Å². The fraction of sp³-hybridized carbons (Fsp3) is 0.318. The fourth-order valence-corrected chi connectivity index (χ4v) is 2.76. The average molecular weight is 380 g/mol. The molecule has 6 heteroatoms. The maximum absolute atomic E-state index is 12.4. The standard InChI is InChI=1S/C22H24N2O4/c1-2-24(14-16-6-4-3-5-7-16)20(25)15-28-22(27)18-10-12-19(13-11-18)23-21(26)17-8-9-17/h3-7,10-13,17H,2,8-9,14-15H2,1H3,(H,23,26). The van der Waals surface area contributed by atoms with Gasteiger partial charge in [0, 0.05) is 24.7 Å². The second-order valence-corrected chi connectivity index (χ2v) is 6.81. The van der Waals surface area contributed by atoms with Crippen molar-refractivity contribution in [1.29, 1.82) is 0 Å². The first-order valence-electron chi connectivity index (χ1n) is 9.46. The molecule has 1 aliphatic rings. The van der Waals surface area contributed by atoms with Gasteiger partial charge in [-0.25, -0.2) is 4.79 Å². The second-order valence-electron chi connectivity index (χ2n) is 6.81. The summed E-state index contributed by atoms with van der Waals surface area (Å²) in [4.78, 5) is 37.9. The number of ether oxygens (including phenoxy) is 1. The van der Waals surface area contributed by atoms with Gasteiger partial charge in [0.1, 0.15) is 0 Å². The molecule has 0 spiro atoms. The largest absolute Gasteiger partial charge is 0.452 e. The highest BCUT2D eigenvalue weighted by Gasteiger charge is 2.29. The smallest absolute Gasteiger partial charge is 0.338 e. The van der Waals surface area contributed by atoms with Crippen LogP contribution in [0.15, 0.2) is 54.6 Å². The molecule has 0 aromatic heterocycles. The van der Waals surface area contributed by atoms with Gasteiger partial charge in [-0.1, -0.05) is 30.3 Å². The Morgan fingerprint density at radius 3 is 2.32 bits per heavy atom. The quantitative estimate of drug-likeness (QED) is 0.714. The molecule has 2 aromatic carbocycles. The minimum atomic E-state index is -0.566. The Labute approximate surface area is 164 Å². The van der Waals surface area contributed by atoms with Gasteiger partial charge in [-0.05, 0) is 49.6 Å². The monoisotopic (exact) mass is 380 g/mol. The molecule has 0 aliphatic heterocycles. The molecule has 1 aliphatic carbocycles. The van der Waals surface area contributed by atoms with Gasteiger partial charge in [0.2, 0.25) is 5.91 Å². The third-order valence-corrected chi connectivity index (χ3v) is 4.61. The number of nitrogens with one attached hydrogen (secondary N) is 1. The van der Waals surface area contributed by atoms with Crippen molar-refractivity contribution in [2.45, 2.75) is 26.3 Å². The number of benzene rings is 2. The summed E-state index contributed by atoms with van der Waals surface area (Å²) < 4.78 is 5.16. The minimum Gasteiger partial charge on any atom is -0.452 e. The summed E-state index contributed by atoms with van der Waals surface area (Å²) in [6.07, 6.45) is 1.87. The van der Waals surface area contributed by atoms with Crippen molar-refractivity contribution in [2.24, 2.45) is 5.92 Å². The van der Waals surface area contributed by atoms with Crippen molar-refractivity contribution < 1.29 is 19.1 Å². The summed E-state index contributed by atoms with van der Waals surface area (Å²) in [7, 11) is 0. The predicted molar refractivity (Wildman–Crippen MR) is 106 cm³/mol. The summed E-state index contributed by atoms with van der Waals surface area (Å²) in [6, 6.07) is 16.1. The van der Waals surface area contributed by atoms with Crippen molar-refractivity contribution in [3.05, 3.63) is 65.7 Å². The molecule has 0 heterocycles. The van der Waals surface area contributed by atoms with Crippen LogP contribution in [0.3, 0.4) is 0 Å². The summed E-state index contributed by atoms with van der Waals surface area (Å²) in [5.41, 5.74) is 2.00. The predicted octanol–water partition coefficient (Wildman–Crippen LogP) is 3.24. The zero-order chi connectivity index (χ0) is 19.9. The van der Waals surface area contributed by atoms with Gasteiger partial charge in [-0.2, -0.15) is 0 Å². The number of likely N-dealkylation sites (N-methyl/N-ethyl adjacent to an activating group) is 1. The van der Waals surface area contributed by atoms with Gasteiger partial charge in [0.25, 0.3) is 5.91 Å². The van der Waals surface area contributed by atoms with Crippen LogP contribution in [0.1, 0.15) is 35.7 Å². The molecular formula is C22H24N2O4. The summed E-state index contributed by atoms with van der Waals surface area (Å²) >= 11 is 0. The molecule has 2 aromatic rings. The van der Waals surface area contributed by atoms with Crippen LogP contribution in [0.25, 0.3) is 0 Å². The first-order chi connectivity index (χ1) is 13.6. The number of carbonyl (C=O) groups is 3. The molecule has 1 saturated carbocycles. The summed E-state index contributed by atoms with van der Waals surface area (Å²) in [5, 5.41) is 2.81. The summed E-state index contributed by atoms with van der Waals surface area (Å²) in [6.45, 7) is 2.58. The lowest BCUT2D eigenvalue weighted by Crippen LogP contribution is -2.34. The maximum Gasteiger partial charge on any atom is 0.338 e. The lowest BCUT2D eigenvalue weighted by molar-refractivity contribution is -0.135. The maximum atomic E-state index is 12.4. The Bertz CT molecular complexity index is 829. The van der Waals surface area contributed by atoms with Gasteiger partial charge in [-0.3, -0.25) is 9.59 Å². The van der Waals surface area contributed by atoms with E-state index in [1.807, 2.05) is 37.3 Å². The SMILES string of the molecule is CCN(Cc1ccccc1)C(=O)COC(=O)c1ccc(NC(=O)C2CC2)cc1. The van der Waals surface area contributed by atoms with Crippen molar-refractivity contribution in [1.82, 2.24) is 4.90 Å².